The Bertz CT molecular complexity index is 298. The highest BCUT2D eigenvalue weighted by atomic mass is 32.1. The van der Waals surface area contributed by atoms with Crippen molar-refractivity contribution < 1.29 is 8.78 Å². The summed E-state index contributed by atoms with van der Waals surface area (Å²) < 4.78 is 25.3. The van der Waals surface area contributed by atoms with Crippen molar-refractivity contribution in [2.24, 2.45) is 0 Å². The Morgan fingerprint density at radius 3 is 2.50 bits per heavy atom. The molecule has 1 aromatic rings. The SMILES string of the molecule is C=C(C)c1cnc(C(C)(F)F)s1. The fraction of sp³-hybridized carbons (Fsp3) is 0.375. The number of alkyl halides is 2. The Labute approximate surface area is 73.8 Å². The second kappa shape index (κ2) is 2.94. The normalized spacial score (nSPS) is 11.7. The van der Waals surface area contributed by atoms with Crippen molar-refractivity contribution in [1.82, 2.24) is 4.98 Å². The van der Waals surface area contributed by atoms with Crippen molar-refractivity contribution in [2.75, 3.05) is 0 Å². The predicted molar refractivity (Wildman–Crippen MR) is 46.4 cm³/mol. The Kier molecular flexibility index (Phi) is 2.28. The molecule has 0 bridgehead atoms. The number of halogens is 2. The molecule has 0 fully saturated rings. The first-order chi connectivity index (χ1) is 5.41. The molecule has 0 saturated heterocycles. The number of aromatic nitrogens is 1. The minimum Gasteiger partial charge on any atom is -0.243 e. The Morgan fingerprint density at radius 1 is 1.67 bits per heavy atom. The average molecular weight is 189 g/mol. The minimum absolute atomic E-state index is 0.152. The van der Waals surface area contributed by atoms with E-state index in [9.17, 15) is 8.78 Å². The lowest BCUT2D eigenvalue weighted by molar-refractivity contribution is 0.0172. The predicted octanol–water partition coefficient (Wildman–Crippen LogP) is 3.29. The quantitative estimate of drug-likeness (QED) is 0.695. The highest BCUT2D eigenvalue weighted by molar-refractivity contribution is 7.12. The lowest BCUT2D eigenvalue weighted by atomic mass is 10.3. The maximum absolute atomic E-state index is 12.6. The van der Waals surface area contributed by atoms with Gasteiger partial charge in [-0.2, -0.15) is 8.78 Å². The van der Waals surface area contributed by atoms with Gasteiger partial charge in [0.1, 0.15) is 0 Å². The fourth-order valence-corrected chi connectivity index (χ4v) is 1.45. The van der Waals surface area contributed by atoms with Crippen LogP contribution in [0.1, 0.15) is 23.7 Å². The van der Waals surface area contributed by atoms with Crippen molar-refractivity contribution in [2.45, 2.75) is 19.8 Å². The fourth-order valence-electron chi connectivity index (χ4n) is 0.674. The number of allylic oxidation sites excluding steroid dienone is 1. The van der Waals surface area contributed by atoms with E-state index in [2.05, 4.69) is 11.6 Å². The summed E-state index contributed by atoms with van der Waals surface area (Å²) in [7, 11) is 0. The van der Waals surface area contributed by atoms with Crippen molar-refractivity contribution in [3.8, 4) is 0 Å². The van der Waals surface area contributed by atoms with Gasteiger partial charge in [-0.1, -0.05) is 6.58 Å². The van der Waals surface area contributed by atoms with Crippen LogP contribution in [-0.2, 0) is 5.92 Å². The summed E-state index contributed by atoms with van der Waals surface area (Å²) in [6.07, 6.45) is 1.43. The zero-order valence-electron chi connectivity index (χ0n) is 6.90. The van der Waals surface area contributed by atoms with Gasteiger partial charge in [0.25, 0.3) is 5.92 Å². The van der Waals surface area contributed by atoms with Crippen LogP contribution in [0.2, 0.25) is 0 Å². The molecule has 0 aliphatic carbocycles. The van der Waals surface area contributed by atoms with E-state index in [1.54, 1.807) is 6.92 Å². The van der Waals surface area contributed by atoms with Crippen LogP contribution in [0.5, 0.6) is 0 Å². The molecule has 0 aliphatic heterocycles. The molecule has 0 N–H and O–H groups in total. The molecular weight excluding hydrogens is 180 g/mol. The first-order valence-electron chi connectivity index (χ1n) is 3.41. The second-order valence-corrected chi connectivity index (χ2v) is 3.73. The molecule has 1 heterocycles. The van der Waals surface area contributed by atoms with E-state index in [-0.39, 0.29) is 5.01 Å². The number of nitrogens with zero attached hydrogens (tertiary/aromatic N) is 1. The Morgan fingerprint density at radius 2 is 2.25 bits per heavy atom. The van der Waals surface area contributed by atoms with Crippen LogP contribution in [0.15, 0.2) is 12.8 Å². The molecule has 0 radical (unpaired) electrons. The molecule has 1 nitrogen and oxygen atoms in total. The molecule has 0 spiro atoms. The van der Waals surface area contributed by atoms with Crippen molar-refractivity contribution in [3.05, 3.63) is 22.7 Å². The first-order valence-corrected chi connectivity index (χ1v) is 4.23. The molecule has 0 saturated carbocycles. The van der Waals surface area contributed by atoms with Gasteiger partial charge >= 0.3 is 0 Å². The maximum atomic E-state index is 12.6. The lowest BCUT2D eigenvalue weighted by Gasteiger charge is -2.03. The van der Waals surface area contributed by atoms with Gasteiger partial charge in [-0.3, -0.25) is 0 Å². The molecule has 0 aromatic carbocycles. The summed E-state index contributed by atoms with van der Waals surface area (Å²) in [5, 5.41) is -0.152. The van der Waals surface area contributed by atoms with Crippen LogP contribution in [0.3, 0.4) is 0 Å². The molecule has 1 rings (SSSR count). The summed E-state index contributed by atoms with van der Waals surface area (Å²) >= 11 is 0.987. The standard InChI is InChI=1S/C8H9F2NS/c1-5(2)6-4-11-7(12-6)8(3,9)10/h4H,1H2,2-3H3. The maximum Gasteiger partial charge on any atom is 0.296 e. The van der Waals surface area contributed by atoms with Gasteiger partial charge in [0.15, 0.2) is 5.01 Å². The third kappa shape index (κ3) is 1.88. The van der Waals surface area contributed by atoms with Crippen molar-refractivity contribution in [1.29, 1.82) is 0 Å². The highest BCUT2D eigenvalue weighted by Gasteiger charge is 2.28. The molecule has 4 heteroatoms. The third-order valence-electron chi connectivity index (χ3n) is 1.30. The Hall–Kier alpha value is -0.770. The van der Waals surface area contributed by atoms with E-state index in [4.69, 9.17) is 0 Å². The molecule has 66 valence electrons. The minimum atomic E-state index is -2.83. The van der Waals surface area contributed by atoms with Crippen LogP contribution in [0.25, 0.3) is 5.57 Å². The molecular formula is C8H9F2NS. The molecule has 0 aliphatic rings. The van der Waals surface area contributed by atoms with Crippen LogP contribution < -0.4 is 0 Å². The number of thiazole rings is 1. The van der Waals surface area contributed by atoms with Gasteiger partial charge < -0.3 is 0 Å². The van der Waals surface area contributed by atoms with Gasteiger partial charge in [0.2, 0.25) is 0 Å². The van der Waals surface area contributed by atoms with E-state index in [0.717, 1.165) is 23.8 Å². The van der Waals surface area contributed by atoms with Gasteiger partial charge in [-0.05, 0) is 12.5 Å². The monoisotopic (exact) mass is 189 g/mol. The van der Waals surface area contributed by atoms with Gasteiger partial charge in [0.05, 0.1) is 0 Å². The van der Waals surface area contributed by atoms with Crippen LogP contribution in [0, 0.1) is 0 Å². The number of hydrogen-bond acceptors (Lipinski definition) is 2. The topological polar surface area (TPSA) is 12.9 Å². The van der Waals surface area contributed by atoms with E-state index in [1.807, 2.05) is 0 Å². The molecule has 0 amide bonds. The summed E-state index contributed by atoms with van der Waals surface area (Å²) in [5.41, 5.74) is 0.767. The highest BCUT2D eigenvalue weighted by Crippen LogP contribution is 2.32. The van der Waals surface area contributed by atoms with Crippen molar-refractivity contribution >= 4 is 16.9 Å². The van der Waals surface area contributed by atoms with E-state index in [1.165, 1.54) is 6.20 Å². The number of hydrogen-bond donors (Lipinski definition) is 0. The zero-order valence-corrected chi connectivity index (χ0v) is 7.71. The zero-order chi connectivity index (χ0) is 9.35. The summed E-state index contributed by atoms with van der Waals surface area (Å²) in [5.74, 6) is -2.83. The van der Waals surface area contributed by atoms with Gasteiger partial charge in [0, 0.05) is 18.0 Å². The second-order valence-electron chi connectivity index (χ2n) is 2.70. The van der Waals surface area contributed by atoms with Crippen molar-refractivity contribution in [3.63, 3.8) is 0 Å². The van der Waals surface area contributed by atoms with Gasteiger partial charge in [-0.25, -0.2) is 4.98 Å². The summed E-state index contributed by atoms with van der Waals surface area (Å²) in [6.45, 7) is 6.26. The average Bonchev–Trinajstić information content (AvgIpc) is 2.30. The van der Waals surface area contributed by atoms with Crippen LogP contribution in [0.4, 0.5) is 8.78 Å². The first kappa shape index (κ1) is 9.32. The smallest absolute Gasteiger partial charge is 0.243 e. The van der Waals surface area contributed by atoms with Gasteiger partial charge in [-0.15, -0.1) is 11.3 Å². The van der Waals surface area contributed by atoms with E-state index >= 15 is 0 Å². The molecule has 12 heavy (non-hydrogen) atoms. The Balaban J connectivity index is 3.00. The third-order valence-corrected chi connectivity index (χ3v) is 2.63. The van der Waals surface area contributed by atoms with E-state index in [0.29, 0.717) is 4.88 Å². The molecule has 1 aromatic heterocycles. The molecule has 0 unspecified atom stereocenters. The van der Waals surface area contributed by atoms with E-state index < -0.39 is 5.92 Å². The molecule has 0 atom stereocenters. The number of rotatable bonds is 2. The van der Waals surface area contributed by atoms with Crippen LogP contribution >= 0.6 is 11.3 Å². The summed E-state index contributed by atoms with van der Waals surface area (Å²) in [4.78, 5) is 4.33. The van der Waals surface area contributed by atoms with Crippen LogP contribution in [-0.4, -0.2) is 4.98 Å². The largest absolute Gasteiger partial charge is 0.296 e. The summed E-state index contributed by atoms with van der Waals surface area (Å²) in [6, 6.07) is 0. The lowest BCUT2D eigenvalue weighted by Crippen LogP contribution is -2.05.